The van der Waals surface area contributed by atoms with Gasteiger partial charge in [0.25, 0.3) is 0 Å². The second-order valence-electron chi connectivity index (χ2n) is 2.41. The number of hydrogen-bond donors (Lipinski definition) is 0. The summed E-state index contributed by atoms with van der Waals surface area (Å²) in [6, 6.07) is 0. The Hall–Kier alpha value is -0.180. The second kappa shape index (κ2) is 2.91. The average Bonchev–Trinajstić information content (AvgIpc) is 1.35. The Balaban J connectivity index is 0. The third-order valence-electron chi connectivity index (χ3n) is 0.359. The Kier molecular flexibility index (Phi) is 4.13. The first kappa shape index (κ1) is 9.94. The van der Waals surface area contributed by atoms with Gasteiger partial charge in [0.2, 0.25) is 6.80 Å². The van der Waals surface area contributed by atoms with Crippen LogP contribution in [0.3, 0.4) is 0 Å². The van der Waals surface area contributed by atoms with E-state index in [1.54, 1.807) is 21.1 Å². The Morgan fingerprint density at radius 2 is 1.43 bits per heavy atom. The van der Waals surface area contributed by atoms with E-state index in [-0.39, 0.29) is 11.5 Å². The van der Waals surface area contributed by atoms with Crippen LogP contribution in [-0.4, -0.2) is 32.4 Å². The number of hydrogen-bond acceptors (Lipinski definition) is 0. The summed E-state index contributed by atoms with van der Waals surface area (Å²) in [4.78, 5) is 0. The molecule has 0 atom stereocenters. The second-order valence-corrected chi connectivity index (χ2v) is 2.41. The van der Waals surface area contributed by atoms with Crippen molar-refractivity contribution < 1.29 is 13.6 Å². The first-order valence-corrected chi connectivity index (χ1v) is 1.93. The Labute approximate surface area is 42.7 Å². The standard InChI is InChI=1S/C4H11FN.FH/c1-6(2,3)4-5;/h4H2,1-3H3;1H/q+1;/p-1. The molecule has 1 nitrogen and oxygen atoms in total. The number of halogens is 2. The van der Waals surface area contributed by atoms with E-state index < -0.39 is 0 Å². The zero-order valence-corrected chi connectivity index (χ0v) is 4.91. The summed E-state index contributed by atoms with van der Waals surface area (Å²) in [5, 5.41) is 0. The van der Waals surface area contributed by atoms with Gasteiger partial charge in [0.1, 0.15) is 0 Å². The molecule has 0 rings (SSSR count). The van der Waals surface area contributed by atoms with Gasteiger partial charge in [-0.15, -0.1) is 0 Å². The van der Waals surface area contributed by atoms with Crippen LogP contribution in [0.5, 0.6) is 0 Å². The highest BCUT2D eigenvalue weighted by Gasteiger charge is 2.00. The molecule has 0 N–H and O–H groups in total. The number of rotatable bonds is 1. The van der Waals surface area contributed by atoms with Crippen molar-refractivity contribution in [2.45, 2.75) is 0 Å². The van der Waals surface area contributed by atoms with Gasteiger partial charge in [-0.2, -0.15) is 4.39 Å². The van der Waals surface area contributed by atoms with Gasteiger partial charge in [0.15, 0.2) is 0 Å². The van der Waals surface area contributed by atoms with Gasteiger partial charge in [-0.25, -0.2) is 0 Å². The van der Waals surface area contributed by atoms with Gasteiger partial charge in [-0.1, -0.05) is 0 Å². The SMILES string of the molecule is C[N+](C)(C)CF.[F-]. The minimum Gasteiger partial charge on any atom is -1.00 e. The number of nitrogens with zero attached hydrogens (tertiary/aromatic N) is 1. The van der Waals surface area contributed by atoms with Crippen LogP contribution in [0.4, 0.5) is 4.39 Å². The third kappa shape index (κ3) is 10.7. The fourth-order valence-corrected chi connectivity index (χ4v) is 0. The summed E-state index contributed by atoms with van der Waals surface area (Å²) in [5.41, 5.74) is 0. The van der Waals surface area contributed by atoms with E-state index in [0.29, 0.717) is 4.48 Å². The van der Waals surface area contributed by atoms with Crippen LogP contribution in [0.25, 0.3) is 0 Å². The lowest BCUT2D eigenvalue weighted by Crippen LogP contribution is -3.00. The Bertz CT molecular complexity index is 39.4. The molecule has 0 spiro atoms. The van der Waals surface area contributed by atoms with E-state index >= 15 is 0 Å². The van der Waals surface area contributed by atoms with Crippen LogP contribution in [0.2, 0.25) is 0 Å². The molecule has 7 heavy (non-hydrogen) atoms. The molecule has 0 saturated heterocycles. The monoisotopic (exact) mass is 111 g/mol. The molecule has 3 heteroatoms. The molecule has 0 amide bonds. The Morgan fingerprint density at radius 1 is 1.29 bits per heavy atom. The van der Waals surface area contributed by atoms with Gasteiger partial charge >= 0.3 is 0 Å². The highest BCUT2D eigenvalue weighted by molar-refractivity contribution is 3.95. The molecule has 0 aliphatic carbocycles. The van der Waals surface area contributed by atoms with E-state index in [1.165, 1.54) is 0 Å². The fraction of sp³-hybridized carbons (Fsp3) is 1.00. The van der Waals surface area contributed by atoms with Crippen molar-refractivity contribution in [3.63, 3.8) is 0 Å². The summed E-state index contributed by atoms with van der Waals surface area (Å²) < 4.78 is 11.9. The molecule has 0 aliphatic heterocycles. The molecule has 0 aromatic heterocycles. The molecular formula is C4H11F2N. The van der Waals surface area contributed by atoms with Crippen molar-refractivity contribution in [2.75, 3.05) is 27.9 Å². The van der Waals surface area contributed by atoms with E-state index in [2.05, 4.69) is 0 Å². The van der Waals surface area contributed by atoms with Crippen molar-refractivity contribution in [2.24, 2.45) is 0 Å². The van der Waals surface area contributed by atoms with Crippen LogP contribution < -0.4 is 4.70 Å². The highest BCUT2D eigenvalue weighted by Crippen LogP contribution is 1.86. The van der Waals surface area contributed by atoms with E-state index in [1.807, 2.05) is 0 Å². The molecule has 0 bridgehead atoms. The zero-order valence-electron chi connectivity index (χ0n) is 4.91. The van der Waals surface area contributed by atoms with Crippen molar-refractivity contribution in [1.29, 1.82) is 0 Å². The van der Waals surface area contributed by atoms with Crippen molar-refractivity contribution in [3.8, 4) is 0 Å². The topological polar surface area (TPSA) is 0 Å². The largest absolute Gasteiger partial charge is 1.00 e. The van der Waals surface area contributed by atoms with E-state index in [0.717, 1.165) is 0 Å². The third-order valence-corrected chi connectivity index (χ3v) is 0.359. The molecule has 0 aromatic rings. The number of alkyl halides is 1. The Morgan fingerprint density at radius 3 is 1.43 bits per heavy atom. The van der Waals surface area contributed by atoms with Crippen LogP contribution in [0.1, 0.15) is 0 Å². The van der Waals surface area contributed by atoms with E-state index in [4.69, 9.17) is 0 Å². The maximum atomic E-state index is 11.5. The van der Waals surface area contributed by atoms with Gasteiger partial charge in [-0.05, 0) is 0 Å². The van der Waals surface area contributed by atoms with Crippen molar-refractivity contribution in [3.05, 3.63) is 0 Å². The summed E-state index contributed by atoms with van der Waals surface area (Å²) in [5.74, 6) is 0. The molecule has 0 heterocycles. The maximum Gasteiger partial charge on any atom is 0.221 e. The molecule has 0 unspecified atom stereocenters. The highest BCUT2D eigenvalue weighted by atomic mass is 19.1. The summed E-state index contributed by atoms with van der Waals surface area (Å²) in [6.45, 7) is -0.292. The molecule has 46 valence electrons. The lowest BCUT2D eigenvalue weighted by atomic mass is 10.8. The van der Waals surface area contributed by atoms with Crippen molar-refractivity contribution in [1.82, 2.24) is 0 Å². The number of quaternary nitrogens is 1. The smallest absolute Gasteiger partial charge is 0.221 e. The normalized spacial score (nSPS) is 10.3. The van der Waals surface area contributed by atoms with Crippen LogP contribution in [-0.2, 0) is 0 Å². The quantitative estimate of drug-likeness (QED) is 0.262. The summed E-state index contributed by atoms with van der Waals surface area (Å²) in [6.07, 6.45) is 0. The van der Waals surface area contributed by atoms with Gasteiger partial charge in [-0.3, -0.25) is 0 Å². The molecule has 0 aliphatic rings. The van der Waals surface area contributed by atoms with E-state index in [9.17, 15) is 4.39 Å². The first-order chi connectivity index (χ1) is 2.56. The first-order valence-electron chi connectivity index (χ1n) is 1.93. The average molecular weight is 111 g/mol. The van der Waals surface area contributed by atoms with Gasteiger partial charge in [0.05, 0.1) is 21.1 Å². The maximum absolute atomic E-state index is 11.5. The zero-order chi connectivity index (χ0) is 5.21. The fourth-order valence-electron chi connectivity index (χ4n) is 0. The predicted octanol–water partition coefficient (Wildman–Crippen LogP) is -2.38. The van der Waals surface area contributed by atoms with Gasteiger partial charge in [0, 0.05) is 0 Å². The molecule has 0 saturated carbocycles. The molecular weight excluding hydrogens is 100 g/mol. The van der Waals surface area contributed by atoms with Crippen LogP contribution in [0, 0.1) is 0 Å². The molecule has 0 fully saturated rings. The molecule has 0 radical (unpaired) electrons. The minimum atomic E-state index is -0.292. The lowest BCUT2D eigenvalue weighted by molar-refractivity contribution is -0.883. The lowest BCUT2D eigenvalue weighted by Gasteiger charge is -2.17. The minimum absolute atomic E-state index is 0. The van der Waals surface area contributed by atoms with Gasteiger partial charge < -0.3 is 9.19 Å². The summed E-state index contributed by atoms with van der Waals surface area (Å²) >= 11 is 0. The summed E-state index contributed by atoms with van der Waals surface area (Å²) in [7, 11) is 5.42. The predicted molar refractivity (Wildman–Crippen MR) is 24.0 cm³/mol. The van der Waals surface area contributed by atoms with Crippen molar-refractivity contribution >= 4 is 0 Å². The van der Waals surface area contributed by atoms with Crippen LogP contribution >= 0.6 is 0 Å². The molecule has 0 aromatic carbocycles. The van der Waals surface area contributed by atoms with Crippen LogP contribution in [0.15, 0.2) is 0 Å².